The van der Waals surface area contributed by atoms with Crippen LogP contribution in [0.2, 0.25) is 0 Å². The fourth-order valence-electron chi connectivity index (χ4n) is 1.83. The van der Waals surface area contributed by atoms with Crippen LogP contribution in [-0.4, -0.2) is 30.1 Å². The molecule has 0 aliphatic heterocycles. The van der Waals surface area contributed by atoms with Gasteiger partial charge in [0.2, 0.25) is 0 Å². The lowest BCUT2D eigenvalue weighted by molar-refractivity contribution is -0.135. The van der Waals surface area contributed by atoms with E-state index in [4.69, 9.17) is 10.8 Å². The molecule has 5 nitrogen and oxygen atoms in total. The Morgan fingerprint density at radius 3 is 2.53 bits per heavy atom. The molecule has 0 aliphatic rings. The molecule has 0 bridgehead atoms. The molecule has 3 N–H and O–H groups in total. The van der Waals surface area contributed by atoms with Crippen LogP contribution in [0.3, 0.4) is 0 Å². The van der Waals surface area contributed by atoms with Gasteiger partial charge in [0.15, 0.2) is 0 Å². The van der Waals surface area contributed by atoms with Crippen LogP contribution >= 0.6 is 15.9 Å². The van der Waals surface area contributed by atoms with E-state index in [1.165, 1.54) is 0 Å². The van der Waals surface area contributed by atoms with E-state index >= 15 is 0 Å². The van der Waals surface area contributed by atoms with E-state index in [9.17, 15) is 9.59 Å². The third kappa shape index (κ3) is 4.55. The molecule has 19 heavy (non-hydrogen) atoms. The second-order valence-corrected chi connectivity index (χ2v) is 5.61. The largest absolute Gasteiger partial charge is 0.480 e. The summed E-state index contributed by atoms with van der Waals surface area (Å²) in [6.07, 6.45) is 0. The zero-order chi connectivity index (χ0) is 14.6. The van der Waals surface area contributed by atoms with Crippen LogP contribution in [-0.2, 0) is 4.79 Å². The van der Waals surface area contributed by atoms with Crippen molar-refractivity contribution in [3.8, 4) is 0 Å². The Morgan fingerprint density at radius 2 is 2.05 bits per heavy atom. The Kier molecular flexibility index (Phi) is 5.35. The van der Waals surface area contributed by atoms with E-state index < -0.39 is 11.9 Å². The Bertz CT molecular complexity index is 489. The normalized spacial score (nSPS) is 10.5. The Hall–Kier alpha value is -1.56. The number of carboxylic acid groups (broad SMARTS) is 1. The number of carbonyl (C=O) groups is 2. The summed E-state index contributed by atoms with van der Waals surface area (Å²) in [4.78, 5) is 24.1. The summed E-state index contributed by atoms with van der Waals surface area (Å²) in [6.45, 7) is 4.34. The number of carbonyl (C=O) groups excluding carboxylic acids is 1. The maximum absolute atomic E-state index is 11.5. The Balaban J connectivity index is 3.20. The van der Waals surface area contributed by atoms with Crippen molar-refractivity contribution in [2.24, 2.45) is 11.7 Å². The van der Waals surface area contributed by atoms with Crippen LogP contribution < -0.4 is 10.6 Å². The van der Waals surface area contributed by atoms with Crippen molar-refractivity contribution in [1.29, 1.82) is 0 Å². The van der Waals surface area contributed by atoms with E-state index in [0.717, 1.165) is 4.47 Å². The minimum atomic E-state index is -0.945. The maximum atomic E-state index is 11.5. The molecule has 0 heterocycles. The topological polar surface area (TPSA) is 83.6 Å². The molecule has 0 unspecified atom stereocenters. The van der Waals surface area contributed by atoms with Gasteiger partial charge in [0, 0.05) is 11.0 Å². The number of hydrogen-bond acceptors (Lipinski definition) is 3. The highest BCUT2D eigenvalue weighted by Crippen LogP contribution is 2.25. The fourth-order valence-corrected chi connectivity index (χ4v) is 2.19. The molecule has 1 aromatic rings. The quantitative estimate of drug-likeness (QED) is 0.837. The molecule has 0 saturated heterocycles. The lowest BCUT2D eigenvalue weighted by Crippen LogP contribution is -2.34. The molecule has 1 rings (SSSR count). The molecule has 0 saturated carbocycles. The number of amides is 1. The zero-order valence-corrected chi connectivity index (χ0v) is 12.5. The van der Waals surface area contributed by atoms with Crippen LogP contribution in [0, 0.1) is 5.92 Å². The van der Waals surface area contributed by atoms with Crippen molar-refractivity contribution in [3.63, 3.8) is 0 Å². The molecule has 104 valence electrons. The number of nitrogens with zero attached hydrogens (tertiary/aromatic N) is 1. The van der Waals surface area contributed by atoms with Crippen molar-refractivity contribution in [3.05, 3.63) is 28.2 Å². The van der Waals surface area contributed by atoms with Crippen molar-refractivity contribution < 1.29 is 14.7 Å². The lowest BCUT2D eigenvalue weighted by Gasteiger charge is -2.26. The number of nitrogens with two attached hydrogens (primary N) is 1. The van der Waals surface area contributed by atoms with Gasteiger partial charge in [-0.15, -0.1) is 0 Å². The van der Waals surface area contributed by atoms with E-state index in [-0.39, 0.29) is 12.5 Å². The SMILES string of the molecule is CC(C)CN(CC(=O)O)c1ccc(Br)cc1C(N)=O. The van der Waals surface area contributed by atoms with Gasteiger partial charge < -0.3 is 15.7 Å². The smallest absolute Gasteiger partial charge is 0.323 e. The average Bonchev–Trinajstić information content (AvgIpc) is 2.26. The summed E-state index contributed by atoms with van der Waals surface area (Å²) in [5.41, 5.74) is 6.21. The molecular formula is C13H17BrN2O3. The first-order chi connectivity index (χ1) is 8.81. The minimum Gasteiger partial charge on any atom is -0.480 e. The summed E-state index contributed by atoms with van der Waals surface area (Å²) in [7, 11) is 0. The molecule has 0 radical (unpaired) electrons. The van der Waals surface area contributed by atoms with Gasteiger partial charge in [-0.3, -0.25) is 9.59 Å². The minimum absolute atomic E-state index is 0.167. The van der Waals surface area contributed by atoms with Gasteiger partial charge in [0.1, 0.15) is 6.54 Å². The van der Waals surface area contributed by atoms with Crippen LogP contribution in [0.25, 0.3) is 0 Å². The van der Waals surface area contributed by atoms with Crippen molar-refractivity contribution in [1.82, 2.24) is 0 Å². The van der Waals surface area contributed by atoms with Crippen LogP contribution in [0.1, 0.15) is 24.2 Å². The second kappa shape index (κ2) is 6.56. The van der Waals surface area contributed by atoms with Gasteiger partial charge in [-0.05, 0) is 24.1 Å². The summed E-state index contributed by atoms with van der Waals surface area (Å²) in [6, 6.07) is 5.07. The summed E-state index contributed by atoms with van der Waals surface area (Å²) in [5, 5.41) is 8.98. The van der Waals surface area contributed by atoms with Gasteiger partial charge >= 0.3 is 5.97 Å². The third-order valence-electron chi connectivity index (χ3n) is 2.48. The van der Waals surface area contributed by atoms with Crippen molar-refractivity contribution >= 4 is 33.5 Å². The molecule has 0 aromatic heterocycles. The first kappa shape index (κ1) is 15.5. The number of anilines is 1. The van der Waals surface area contributed by atoms with Gasteiger partial charge in [-0.25, -0.2) is 0 Å². The van der Waals surface area contributed by atoms with Gasteiger partial charge in [0.05, 0.1) is 11.3 Å². The Morgan fingerprint density at radius 1 is 1.42 bits per heavy atom. The molecule has 1 aromatic carbocycles. The monoisotopic (exact) mass is 328 g/mol. The fraction of sp³-hybridized carbons (Fsp3) is 0.385. The van der Waals surface area contributed by atoms with E-state index in [1.54, 1.807) is 23.1 Å². The maximum Gasteiger partial charge on any atom is 0.323 e. The Labute approximate surface area is 120 Å². The van der Waals surface area contributed by atoms with Gasteiger partial charge in [-0.2, -0.15) is 0 Å². The summed E-state index contributed by atoms with van der Waals surface area (Å²) >= 11 is 3.27. The molecular weight excluding hydrogens is 312 g/mol. The van der Waals surface area contributed by atoms with E-state index in [1.807, 2.05) is 13.8 Å². The molecule has 0 fully saturated rings. The first-order valence-electron chi connectivity index (χ1n) is 5.87. The number of carboxylic acids is 1. The number of hydrogen-bond donors (Lipinski definition) is 2. The van der Waals surface area contributed by atoms with Gasteiger partial charge in [-0.1, -0.05) is 29.8 Å². The molecule has 6 heteroatoms. The predicted octanol–water partition coefficient (Wildman–Crippen LogP) is 2.10. The molecule has 0 aliphatic carbocycles. The average molecular weight is 329 g/mol. The highest BCUT2D eigenvalue weighted by Gasteiger charge is 2.18. The standard InChI is InChI=1S/C13H17BrN2O3/c1-8(2)6-16(7-12(17)18)11-4-3-9(14)5-10(11)13(15)19/h3-5,8H,6-7H2,1-2H3,(H2,15,19)(H,17,18). The number of primary amides is 1. The number of benzene rings is 1. The zero-order valence-electron chi connectivity index (χ0n) is 10.9. The van der Waals surface area contributed by atoms with E-state index in [0.29, 0.717) is 17.8 Å². The predicted molar refractivity (Wildman–Crippen MR) is 77.3 cm³/mol. The third-order valence-corrected chi connectivity index (χ3v) is 2.97. The molecule has 1 amide bonds. The van der Waals surface area contributed by atoms with Crippen LogP contribution in [0.5, 0.6) is 0 Å². The highest BCUT2D eigenvalue weighted by molar-refractivity contribution is 9.10. The number of rotatable bonds is 6. The van der Waals surface area contributed by atoms with Crippen LogP contribution in [0.4, 0.5) is 5.69 Å². The summed E-state index contributed by atoms with van der Waals surface area (Å²) < 4.78 is 0.727. The first-order valence-corrected chi connectivity index (χ1v) is 6.66. The second-order valence-electron chi connectivity index (χ2n) is 4.69. The lowest BCUT2D eigenvalue weighted by atomic mass is 10.1. The number of aliphatic carboxylic acids is 1. The van der Waals surface area contributed by atoms with Gasteiger partial charge in [0.25, 0.3) is 5.91 Å². The van der Waals surface area contributed by atoms with Crippen molar-refractivity contribution in [2.75, 3.05) is 18.0 Å². The highest BCUT2D eigenvalue weighted by atomic mass is 79.9. The number of halogens is 1. The summed E-state index contributed by atoms with van der Waals surface area (Å²) in [5.74, 6) is -1.25. The molecule has 0 spiro atoms. The van der Waals surface area contributed by atoms with Crippen LogP contribution in [0.15, 0.2) is 22.7 Å². The van der Waals surface area contributed by atoms with Crippen molar-refractivity contribution in [2.45, 2.75) is 13.8 Å². The molecule has 0 atom stereocenters. The van der Waals surface area contributed by atoms with E-state index in [2.05, 4.69) is 15.9 Å².